The molecule has 0 saturated carbocycles. The van der Waals surface area contributed by atoms with Gasteiger partial charge in [-0.1, -0.05) is 0 Å². The molecular formula is C17H13F3N4O5. The van der Waals surface area contributed by atoms with Crippen molar-refractivity contribution in [1.29, 1.82) is 0 Å². The number of nitro benzene ring substituents is 1. The molecule has 2 heterocycles. The van der Waals surface area contributed by atoms with Gasteiger partial charge in [0.15, 0.2) is 17.8 Å². The number of benzene rings is 1. The number of nitro groups is 1. The molecule has 0 amide bonds. The van der Waals surface area contributed by atoms with Gasteiger partial charge in [-0.2, -0.15) is 17.7 Å². The van der Waals surface area contributed by atoms with Crippen LogP contribution in [0.2, 0.25) is 0 Å². The van der Waals surface area contributed by atoms with Crippen molar-refractivity contribution < 1.29 is 32.3 Å². The maximum Gasteiger partial charge on any atom is 0.419 e. The first-order valence-electron chi connectivity index (χ1n) is 7.91. The van der Waals surface area contributed by atoms with Crippen molar-refractivity contribution >= 4 is 5.69 Å². The van der Waals surface area contributed by atoms with E-state index in [-0.39, 0.29) is 33.3 Å². The number of ether oxygens (including phenoxy) is 2. The summed E-state index contributed by atoms with van der Waals surface area (Å²) >= 11 is 0. The van der Waals surface area contributed by atoms with Crippen molar-refractivity contribution in [2.24, 2.45) is 0 Å². The third-order valence-electron chi connectivity index (χ3n) is 4.06. The quantitative estimate of drug-likeness (QED) is 0.277. The van der Waals surface area contributed by atoms with Gasteiger partial charge in [-0.05, 0) is 12.1 Å². The zero-order valence-corrected chi connectivity index (χ0v) is 15.0. The molecule has 0 saturated heterocycles. The molecule has 1 aromatic carbocycles. The molecule has 9 nitrogen and oxygen atoms in total. The number of hydrogen-bond donors (Lipinski definition) is 0. The number of pyridine rings is 1. The maximum absolute atomic E-state index is 12.8. The highest BCUT2D eigenvalue weighted by molar-refractivity contribution is 5.71. The van der Waals surface area contributed by atoms with Crippen LogP contribution in [0.3, 0.4) is 0 Å². The number of rotatable bonds is 5. The second kappa shape index (κ2) is 7.30. The summed E-state index contributed by atoms with van der Waals surface area (Å²) in [5.74, 6) is -0.212. The number of methoxy groups -OCH3 is 2. The van der Waals surface area contributed by atoms with Crippen molar-refractivity contribution in [1.82, 2.24) is 9.55 Å². The molecule has 0 aliphatic carbocycles. The monoisotopic (exact) mass is 410 g/mol. The van der Waals surface area contributed by atoms with E-state index in [1.54, 1.807) is 0 Å². The standard InChI is InChI=1S/C17H13F3N4O5/c1-28-14-6-10(5-12(24(26)27)16(14)29-2)13-7-21-9-22(13)15-4-3-11(8-23(15)25)17(18,19)20/h3-9H,1-2H3. The van der Waals surface area contributed by atoms with Crippen LogP contribution in [-0.4, -0.2) is 28.7 Å². The lowest BCUT2D eigenvalue weighted by molar-refractivity contribution is -0.600. The normalized spacial score (nSPS) is 11.3. The first kappa shape index (κ1) is 19.9. The highest BCUT2D eigenvalue weighted by Crippen LogP contribution is 2.41. The highest BCUT2D eigenvalue weighted by Gasteiger charge is 2.33. The minimum absolute atomic E-state index is 0.0448. The fourth-order valence-electron chi connectivity index (χ4n) is 2.75. The third kappa shape index (κ3) is 3.63. The molecule has 12 heteroatoms. The molecule has 0 spiro atoms. The second-order valence-corrected chi connectivity index (χ2v) is 5.74. The van der Waals surface area contributed by atoms with Gasteiger partial charge in [-0.15, -0.1) is 0 Å². The minimum atomic E-state index is -4.67. The fraction of sp³-hybridized carbons (Fsp3) is 0.176. The Hall–Kier alpha value is -3.83. The summed E-state index contributed by atoms with van der Waals surface area (Å²) < 4.78 is 49.8. The van der Waals surface area contributed by atoms with E-state index in [1.165, 1.54) is 43.4 Å². The van der Waals surface area contributed by atoms with E-state index in [0.717, 1.165) is 12.1 Å². The smallest absolute Gasteiger partial charge is 0.419 e. The third-order valence-corrected chi connectivity index (χ3v) is 4.06. The highest BCUT2D eigenvalue weighted by atomic mass is 19.4. The van der Waals surface area contributed by atoms with Gasteiger partial charge in [-0.3, -0.25) is 10.1 Å². The Morgan fingerprint density at radius 1 is 1.21 bits per heavy atom. The van der Waals surface area contributed by atoms with Crippen LogP contribution in [0.5, 0.6) is 11.5 Å². The van der Waals surface area contributed by atoms with E-state index >= 15 is 0 Å². The lowest BCUT2D eigenvalue weighted by Crippen LogP contribution is -2.33. The van der Waals surface area contributed by atoms with E-state index in [4.69, 9.17) is 9.47 Å². The van der Waals surface area contributed by atoms with Crippen molar-refractivity contribution in [2.75, 3.05) is 14.2 Å². The maximum atomic E-state index is 12.8. The predicted molar refractivity (Wildman–Crippen MR) is 92.7 cm³/mol. The van der Waals surface area contributed by atoms with Crippen molar-refractivity contribution in [3.8, 4) is 28.6 Å². The Labute approximate surface area is 161 Å². The summed E-state index contributed by atoms with van der Waals surface area (Å²) in [7, 11) is 2.54. The Balaban J connectivity index is 2.17. The van der Waals surface area contributed by atoms with Crippen LogP contribution >= 0.6 is 0 Å². The summed E-state index contributed by atoms with van der Waals surface area (Å²) in [4.78, 5) is 14.6. The van der Waals surface area contributed by atoms with Crippen molar-refractivity contribution in [2.45, 2.75) is 6.18 Å². The van der Waals surface area contributed by atoms with Gasteiger partial charge in [0, 0.05) is 17.7 Å². The van der Waals surface area contributed by atoms with Crippen LogP contribution in [0.15, 0.2) is 43.0 Å². The Kier molecular flexibility index (Phi) is 5.01. The van der Waals surface area contributed by atoms with Crippen LogP contribution in [-0.2, 0) is 6.18 Å². The molecule has 0 aliphatic heterocycles. The van der Waals surface area contributed by atoms with Crippen molar-refractivity contribution in [3.63, 3.8) is 0 Å². The number of alkyl halides is 3. The molecule has 2 aromatic heterocycles. The SMILES string of the molecule is COc1cc(-c2cncn2-c2ccc(C(F)(F)F)c[n+]2[O-])cc([N+](=O)[O-])c1OC. The van der Waals surface area contributed by atoms with E-state index in [0.29, 0.717) is 6.20 Å². The number of hydrogen-bond acceptors (Lipinski definition) is 6. The average Bonchev–Trinajstić information content (AvgIpc) is 3.15. The number of aromatic nitrogens is 3. The molecule has 0 fully saturated rings. The van der Waals surface area contributed by atoms with Crippen LogP contribution in [0.1, 0.15) is 5.56 Å². The molecule has 3 rings (SSSR count). The molecule has 0 atom stereocenters. The summed E-state index contributed by atoms with van der Waals surface area (Å²) in [6.07, 6.45) is -1.76. The topological polar surface area (TPSA) is 106 Å². The summed E-state index contributed by atoms with van der Waals surface area (Å²) in [5.41, 5.74) is -1.04. The fourth-order valence-corrected chi connectivity index (χ4v) is 2.75. The Bertz CT molecular complexity index is 1080. The Morgan fingerprint density at radius 2 is 1.93 bits per heavy atom. The molecule has 0 N–H and O–H groups in total. The first-order chi connectivity index (χ1) is 13.7. The zero-order valence-electron chi connectivity index (χ0n) is 15.0. The lowest BCUT2D eigenvalue weighted by Gasteiger charge is -2.13. The van der Waals surface area contributed by atoms with E-state index in [2.05, 4.69) is 4.98 Å². The van der Waals surface area contributed by atoms with Gasteiger partial charge >= 0.3 is 11.9 Å². The second-order valence-electron chi connectivity index (χ2n) is 5.74. The van der Waals surface area contributed by atoms with E-state index in [1.807, 2.05) is 0 Å². The molecule has 0 bridgehead atoms. The summed E-state index contributed by atoms with van der Waals surface area (Å²) in [6.45, 7) is 0. The lowest BCUT2D eigenvalue weighted by atomic mass is 10.1. The minimum Gasteiger partial charge on any atom is -0.711 e. The number of imidazole rings is 1. The molecular weight excluding hydrogens is 397 g/mol. The number of halogens is 3. The van der Waals surface area contributed by atoms with E-state index in [9.17, 15) is 28.5 Å². The van der Waals surface area contributed by atoms with Gasteiger partial charge in [0.2, 0.25) is 5.75 Å². The summed E-state index contributed by atoms with van der Waals surface area (Å²) in [5, 5.41) is 23.6. The zero-order chi connectivity index (χ0) is 21.3. The molecule has 0 aliphatic rings. The predicted octanol–water partition coefficient (Wildman–Crippen LogP) is 3.12. The molecule has 29 heavy (non-hydrogen) atoms. The first-order valence-corrected chi connectivity index (χ1v) is 7.91. The van der Waals surface area contributed by atoms with Crippen LogP contribution in [0.4, 0.5) is 18.9 Å². The molecule has 152 valence electrons. The number of nitrogens with zero attached hydrogens (tertiary/aromatic N) is 4. The Morgan fingerprint density at radius 3 is 2.48 bits per heavy atom. The molecule has 0 radical (unpaired) electrons. The van der Waals surface area contributed by atoms with Gasteiger partial charge in [-0.25, -0.2) is 9.71 Å². The van der Waals surface area contributed by atoms with Gasteiger partial charge in [0.1, 0.15) is 6.20 Å². The van der Waals surface area contributed by atoms with Crippen molar-refractivity contribution in [3.05, 3.63) is 63.9 Å². The van der Waals surface area contributed by atoms with E-state index < -0.39 is 22.4 Å². The van der Waals surface area contributed by atoms with Crippen LogP contribution in [0.25, 0.3) is 17.1 Å². The molecule has 3 aromatic rings. The van der Waals surface area contributed by atoms with Gasteiger partial charge in [0.05, 0.1) is 30.9 Å². The molecule has 0 unspecified atom stereocenters. The largest absolute Gasteiger partial charge is 0.711 e. The average molecular weight is 410 g/mol. The van der Waals surface area contributed by atoms with Crippen LogP contribution in [0, 0.1) is 15.3 Å². The van der Waals surface area contributed by atoms with Crippen LogP contribution < -0.4 is 14.2 Å². The summed E-state index contributed by atoms with van der Waals surface area (Å²) in [6, 6.07) is 4.35. The van der Waals surface area contributed by atoms with Gasteiger partial charge < -0.3 is 14.7 Å². The van der Waals surface area contributed by atoms with Gasteiger partial charge in [0.25, 0.3) is 5.82 Å².